The van der Waals surface area contributed by atoms with Crippen LogP contribution in [-0.4, -0.2) is 25.4 Å². The summed E-state index contributed by atoms with van der Waals surface area (Å²) < 4.78 is 1.76. The molecule has 2 heterocycles. The molecule has 5 N–H and O–H groups in total. The first-order valence-corrected chi connectivity index (χ1v) is 12.3. The lowest BCUT2D eigenvalue weighted by Crippen LogP contribution is -2.25. The molecule has 0 aliphatic rings. The summed E-state index contributed by atoms with van der Waals surface area (Å²) in [6, 6.07) is 22.1. The van der Waals surface area contributed by atoms with Gasteiger partial charge in [-0.3, -0.25) is 14.8 Å². The summed E-state index contributed by atoms with van der Waals surface area (Å²) in [4.78, 5) is 22.4. The number of nitrogens with zero attached hydrogens (tertiary/aromatic N) is 3. The molecular formula is C30H28N6O2. The average Bonchev–Trinajstić information content (AvgIpc) is 2.91. The fraction of sp³-hybridized carbons (Fsp3) is 0.133. The van der Waals surface area contributed by atoms with Gasteiger partial charge < -0.3 is 16.2 Å². The number of nitrogens with one attached hydrogen (secondary N) is 2. The number of aromatic nitrogens is 3. The monoisotopic (exact) mass is 504 g/mol. The molecule has 38 heavy (non-hydrogen) atoms. The number of pyridine rings is 1. The van der Waals surface area contributed by atoms with E-state index in [1.807, 2.05) is 55.5 Å². The number of nitrogens with two attached hydrogens (primary N) is 1. The number of hydrogen-bond acceptors (Lipinski definition) is 7. The van der Waals surface area contributed by atoms with E-state index in [1.54, 1.807) is 16.7 Å². The number of benzene rings is 3. The Balaban J connectivity index is 1.63. The first kappa shape index (κ1) is 24.7. The first-order valence-electron chi connectivity index (χ1n) is 12.3. The Kier molecular flexibility index (Phi) is 6.62. The van der Waals surface area contributed by atoms with Gasteiger partial charge in [0, 0.05) is 11.3 Å². The van der Waals surface area contributed by atoms with E-state index in [4.69, 9.17) is 11.1 Å². The van der Waals surface area contributed by atoms with Crippen molar-refractivity contribution < 1.29 is 5.11 Å². The van der Waals surface area contributed by atoms with Gasteiger partial charge in [0.25, 0.3) is 5.56 Å². The van der Waals surface area contributed by atoms with Crippen LogP contribution in [0.4, 0.5) is 11.6 Å². The molecule has 0 fully saturated rings. The van der Waals surface area contributed by atoms with Crippen LogP contribution in [0.1, 0.15) is 34.9 Å². The standard InChI is InChI=1S/C30H28N6O2/c1-3-19-9-4-5-13-24(19)36-22(14-20-10-6-8-18(2)25(20)30(36)38)16-33-29-26(28(32)34-17-35-29)27(31)21-11-7-12-23(37)15-21/h4-15,17,31,37H,3,16H2,1-2H3,(H3,32,33,34,35). The van der Waals surface area contributed by atoms with Gasteiger partial charge in [-0.05, 0) is 54.1 Å². The largest absolute Gasteiger partial charge is 0.508 e. The zero-order valence-electron chi connectivity index (χ0n) is 21.2. The zero-order valence-corrected chi connectivity index (χ0v) is 21.2. The highest BCUT2D eigenvalue weighted by Gasteiger charge is 2.19. The van der Waals surface area contributed by atoms with Crippen LogP contribution in [0.25, 0.3) is 16.5 Å². The Morgan fingerprint density at radius 3 is 2.63 bits per heavy atom. The number of anilines is 2. The summed E-state index contributed by atoms with van der Waals surface area (Å²) in [5.74, 6) is 0.541. The van der Waals surface area contributed by atoms with Gasteiger partial charge in [0.2, 0.25) is 0 Å². The van der Waals surface area contributed by atoms with E-state index in [9.17, 15) is 9.90 Å². The highest BCUT2D eigenvalue weighted by molar-refractivity contribution is 6.16. The first-order chi connectivity index (χ1) is 18.4. The number of fused-ring (bicyclic) bond motifs is 1. The van der Waals surface area contributed by atoms with Crippen molar-refractivity contribution in [1.29, 1.82) is 5.41 Å². The van der Waals surface area contributed by atoms with Crippen molar-refractivity contribution >= 4 is 28.1 Å². The summed E-state index contributed by atoms with van der Waals surface area (Å²) in [6.07, 6.45) is 2.11. The van der Waals surface area contributed by atoms with Crippen LogP contribution in [0.3, 0.4) is 0 Å². The molecule has 0 saturated carbocycles. The van der Waals surface area contributed by atoms with Crippen LogP contribution >= 0.6 is 0 Å². The van der Waals surface area contributed by atoms with Crippen molar-refractivity contribution in [3.63, 3.8) is 0 Å². The fourth-order valence-corrected chi connectivity index (χ4v) is 4.77. The second-order valence-corrected chi connectivity index (χ2v) is 9.06. The number of hydrogen-bond donors (Lipinski definition) is 4. The zero-order chi connectivity index (χ0) is 26.8. The molecule has 0 aliphatic heterocycles. The normalized spacial score (nSPS) is 11.0. The van der Waals surface area contributed by atoms with Crippen LogP contribution in [0.2, 0.25) is 0 Å². The molecular weight excluding hydrogens is 476 g/mol. The summed E-state index contributed by atoms with van der Waals surface area (Å²) in [5, 5.41) is 23.5. The molecule has 0 saturated heterocycles. The molecule has 0 radical (unpaired) electrons. The van der Waals surface area contributed by atoms with Gasteiger partial charge in [-0.1, -0.05) is 55.5 Å². The third-order valence-electron chi connectivity index (χ3n) is 6.64. The molecule has 0 atom stereocenters. The molecule has 0 unspecified atom stereocenters. The fourth-order valence-electron chi connectivity index (χ4n) is 4.77. The molecule has 0 bridgehead atoms. The number of phenols is 1. The van der Waals surface area contributed by atoms with Crippen LogP contribution < -0.4 is 16.6 Å². The van der Waals surface area contributed by atoms with E-state index in [2.05, 4.69) is 22.2 Å². The summed E-state index contributed by atoms with van der Waals surface area (Å²) >= 11 is 0. The van der Waals surface area contributed by atoms with Gasteiger partial charge in [-0.15, -0.1) is 0 Å². The van der Waals surface area contributed by atoms with E-state index in [0.29, 0.717) is 22.3 Å². The minimum Gasteiger partial charge on any atom is -0.508 e. The molecule has 0 aliphatic carbocycles. The Morgan fingerprint density at radius 2 is 1.84 bits per heavy atom. The number of aryl methyl sites for hydroxylation is 2. The lowest BCUT2D eigenvalue weighted by atomic mass is 10.0. The Labute approximate surface area is 220 Å². The average molecular weight is 505 g/mol. The van der Waals surface area contributed by atoms with Gasteiger partial charge >= 0.3 is 0 Å². The van der Waals surface area contributed by atoms with Gasteiger partial charge in [0.05, 0.1) is 28.9 Å². The molecule has 5 aromatic rings. The smallest absolute Gasteiger partial charge is 0.263 e. The van der Waals surface area contributed by atoms with Crippen molar-refractivity contribution in [2.24, 2.45) is 0 Å². The molecule has 5 rings (SSSR count). The van der Waals surface area contributed by atoms with E-state index in [0.717, 1.165) is 34.3 Å². The highest BCUT2D eigenvalue weighted by Crippen LogP contribution is 2.26. The van der Waals surface area contributed by atoms with Gasteiger partial charge in [-0.25, -0.2) is 9.97 Å². The van der Waals surface area contributed by atoms with Crippen LogP contribution in [-0.2, 0) is 13.0 Å². The molecule has 8 heteroatoms. The Hall–Kier alpha value is -4.98. The molecule has 2 aromatic heterocycles. The molecule has 3 aromatic carbocycles. The van der Waals surface area contributed by atoms with Crippen LogP contribution in [0.5, 0.6) is 5.75 Å². The van der Waals surface area contributed by atoms with Crippen molar-refractivity contribution in [3.05, 3.63) is 117 Å². The Bertz CT molecular complexity index is 1740. The molecule has 0 amide bonds. The number of aromatic hydroxyl groups is 1. The second kappa shape index (κ2) is 10.2. The van der Waals surface area contributed by atoms with Crippen molar-refractivity contribution in [2.45, 2.75) is 26.8 Å². The predicted octanol–water partition coefficient (Wildman–Crippen LogP) is 4.97. The second-order valence-electron chi connectivity index (χ2n) is 9.06. The number of para-hydroxylation sites is 1. The third-order valence-corrected chi connectivity index (χ3v) is 6.64. The molecule has 8 nitrogen and oxygen atoms in total. The maximum absolute atomic E-state index is 13.9. The van der Waals surface area contributed by atoms with Gasteiger partial charge in [-0.2, -0.15) is 0 Å². The molecule has 0 spiro atoms. The lowest BCUT2D eigenvalue weighted by Gasteiger charge is -2.19. The lowest BCUT2D eigenvalue weighted by molar-refractivity contribution is 0.475. The third kappa shape index (κ3) is 4.48. The summed E-state index contributed by atoms with van der Waals surface area (Å²) in [5.41, 5.74) is 10.5. The van der Waals surface area contributed by atoms with Gasteiger partial charge in [0.1, 0.15) is 23.7 Å². The minimum atomic E-state index is -0.0896. The Morgan fingerprint density at radius 1 is 1.05 bits per heavy atom. The van der Waals surface area contributed by atoms with E-state index < -0.39 is 0 Å². The van der Waals surface area contributed by atoms with Gasteiger partial charge in [0.15, 0.2) is 0 Å². The van der Waals surface area contributed by atoms with Crippen LogP contribution in [0, 0.1) is 12.3 Å². The maximum Gasteiger partial charge on any atom is 0.263 e. The summed E-state index contributed by atoms with van der Waals surface area (Å²) in [6.45, 7) is 4.26. The van der Waals surface area contributed by atoms with Crippen LogP contribution in [0.15, 0.2) is 83.9 Å². The number of rotatable bonds is 7. The van der Waals surface area contributed by atoms with E-state index in [-0.39, 0.29) is 29.4 Å². The van der Waals surface area contributed by atoms with E-state index in [1.165, 1.54) is 18.5 Å². The van der Waals surface area contributed by atoms with Crippen molar-refractivity contribution in [3.8, 4) is 11.4 Å². The quantitative estimate of drug-likeness (QED) is 0.232. The number of phenolic OH excluding ortho intramolecular Hbond substituents is 1. The maximum atomic E-state index is 13.9. The number of nitrogen functional groups attached to an aromatic ring is 1. The minimum absolute atomic E-state index is 0.0437. The van der Waals surface area contributed by atoms with Crippen molar-refractivity contribution in [1.82, 2.24) is 14.5 Å². The van der Waals surface area contributed by atoms with E-state index >= 15 is 0 Å². The predicted molar refractivity (Wildman–Crippen MR) is 151 cm³/mol. The van der Waals surface area contributed by atoms with Crippen molar-refractivity contribution in [2.75, 3.05) is 11.1 Å². The SMILES string of the molecule is CCc1ccccc1-n1c(CNc2ncnc(N)c2C(=N)c2cccc(O)c2)cc2cccc(C)c2c1=O. The molecule has 190 valence electrons. The topological polar surface area (TPSA) is 130 Å². The highest BCUT2D eigenvalue weighted by atomic mass is 16.3. The summed E-state index contributed by atoms with van der Waals surface area (Å²) in [7, 11) is 0.